The second-order valence-electron chi connectivity index (χ2n) is 4.44. The number of hydrogen-bond acceptors (Lipinski definition) is 6. The minimum atomic E-state index is -3.28. The van der Waals surface area contributed by atoms with Gasteiger partial charge in [0, 0.05) is 6.26 Å². The van der Waals surface area contributed by atoms with E-state index >= 15 is 0 Å². The highest BCUT2D eigenvalue weighted by Gasteiger charge is 2.11. The number of benzene rings is 1. The number of nitrogens with two attached hydrogens (primary N) is 1. The van der Waals surface area contributed by atoms with E-state index in [-0.39, 0.29) is 4.90 Å². The summed E-state index contributed by atoms with van der Waals surface area (Å²) in [4.78, 5) is 8.37. The lowest BCUT2D eigenvalue weighted by Crippen LogP contribution is -2.03. The smallest absolute Gasteiger partial charge is 0.227 e. The Morgan fingerprint density at radius 3 is 2.55 bits per heavy atom. The molecule has 1 aromatic heterocycles. The molecule has 106 valence electrons. The summed E-state index contributed by atoms with van der Waals surface area (Å²) in [7, 11) is -3.28. The van der Waals surface area contributed by atoms with Gasteiger partial charge in [0.25, 0.3) is 0 Å². The van der Waals surface area contributed by atoms with Gasteiger partial charge in [0.2, 0.25) is 5.88 Å². The molecule has 0 aliphatic rings. The molecule has 2 aromatic rings. The predicted molar refractivity (Wildman–Crippen MR) is 75.5 cm³/mol. The van der Waals surface area contributed by atoms with Gasteiger partial charge in [-0.15, -0.1) is 0 Å². The van der Waals surface area contributed by atoms with Gasteiger partial charge in [-0.2, -0.15) is 4.98 Å². The first-order valence-electron chi connectivity index (χ1n) is 5.86. The van der Waals surface area contributed by atoms with Crippen molar-refractivity contribution in [2.75, 3.05) is 12.0 Å². The van der Waals surface area contributed by atoms with E-state index in [2.05, 4.69) is 9.97 Å². The third kappa shape index (κ3) is 3.05. The number of sulfone groups is 1. The van der Waals surface area contributed by atoms with Crippen molar-refractivity contribution >= 4 is 15.7 Å². The largest absolute Gasteiger partial charge is 0.439 e. The molecule has 0 atom stereocenters. The maximum Gasteiger partial charge on any atom is 0.227 e. The predicted octanol–water partition coefficient (Wildman–Crippen LogP) is 1.87. The molecule has 2 rings (SSSR count). The first-order valence-corrected chi connectivity index (χ1v) is 7.75. The molecular weight excluding hydrogens is 278 g/mol. The van der Waals surface area contributed by atoms with Gasteiger partial charge in [-0.3, -0.25) is 0 Å². The van der Waals surface area contributed by atoms with E-state index in [1.54, 1.807) is 26.0 Å². The molecule has 20 heavy (non-hydrogen) atoms. The summed E-state index contributed by atoms with van der Waals surface area (Å²) >= 11 is 0. The van der Waals surface area contributed by atoms with Crippen LogP contribution in [-0.4, -0.2) is 24.6 Å². The summed E-state index contributed by atoms with van der Waals surface area (Å²) in [6, 6.07) is 6.22. The molecule has 0 fully saturated rings. The van der Waals surface area contributed by atoms with Gasteiger partial charge in [0.05, 0.1) is 10.5 Å². The van der Waals surface area contributed by atoms with Crippen molar-refractivity contribution < 1.29 is 13.2 Å². The summed E-state index contributed by atoms with van der Waals surface area (Å²) in [5, 5.41) is 0. The van der Waals surface area contributed by atoms with E-state index in [0.717, 1.165) is 6.26 Å². The Bertz CT molecular complexity index is 757. The third-order valence-corrected chi connectivity index (χ3v) is 3.81. The standard InChI is InChI=1S/C13H15N3O3S/c1-8-12(14)15-9(2)16-13(8)19-10-5-4-6-11(7-10)20(3,17)18/h4-7H,1-3H3,(H2,14,15,16). The number of rotatable bonds is 3. The van der Waals surface area contributed by atoms with E-state index < -0.39 is 9.84 Å². The number of aromatic nitrogens is 2. The van der Waals surface area contributed by atoms with Crippen LogP contribution in [0, 0.1) is 13.8 Å². The molecule has 0 amide bonds. The van der Waals surface area contributed by atoms with Gasteiger partial charge in [-0.1, -0.05) is 6.07 Å². The molecular formula is C13H15N3O3S. The SMILES string of the molecule is Cc1nc(N)c(C)c(Oc2cccc(S(C)(=O)=O)c2)n1. The summed E-state index contributed by atoms with van der Waals surface area (Å²) in [5.41, 5.74) is 6.36. The number of nitrogens with zero attached hydrogens (tertiary/aromatic N) is 2. The summed E-state index contributed by atoms with van der Waals surface area (Å²) in [5.74, 6) is 1.53. The Kier molecular flexibility index (Phi) is 3.63. The quantitative estimate of drug-likeness (QED) is 0.928. The fourth-order valence-electron chi connectivity index (χ4n) is 1.60. The summed E-state index contributed by atoms with van der Waals surface area (Å²) in [6.45, 7) is 3.44. The van der Waals surface area contributed by atoms with Crippen LogP contribution in [0.3, 0.4) is 0 Å². The van der Waals surface area contributed by atoms with Crippen LogP contribution in [0.2, 0.25) is 0 Å². The van der Waals surface area contributed by atoms with Gasteiger partial charge in [0.1, 0.15) is 17.4 Å². The van der Waals surface area contributed by atoms with E-state index in [9.17, 15) is 8.42 Å². The first kappa shape index (κ1) is 14.3. The van der Waals surface area contributed by atoms with Gasteiger partial charge in [-0.05, 0) is 32.0 Å². The number of hydrogen-bond donors (Lipinski definition) is 1. The van der Waals surface area contributed by atoms with Crippen LogP contribution >= 0.6 is 0 Å². The fourth-order valence-corrected chi connectivity index (χ4v) is 2.26. The Hall–Kier alpha value is -2.15. The molecule has 0 aliphatic carbocycles. The maximum atomic E-state index is 11.5. The number of ether oxygens (including phenoxy) is 1. The molecule has 7 heteroatoms. The van der Waals surface area contributed by atoms with Crippen molar-refractivity contribution in [3.05, 3.63) is 35.7 Å². The van der Waals surface area contributed by atoms with Gasteiger partial charge < -0.3 is 10.5 Å². The molecule has 0 saturated carbocycles. The second kappa shape index (κ2) is 5.09. The molecule has 0 saturated heterocycles. The molecule has 0 unspecified atom stereocenters. The number of nitrogen functional groups attached to an aromatic ring is 1. The van der Waals surface area contributed by atoms with E-state index in [4.69, 9.17) is 10.5 Å². The molecule has 0 spiro atoms. The zero-order valence-corrected chi connectivity index (χ0v) is 12.2. The first-order chi connectivity index (χ1) is 9.27. The lowest BCUT2D eigenvalue weighted by Gasteiger charge is -2.10. The number of aryl methyl sites for hydroxylation is 1. The zero-order valence-electron chi connectivity index (χ0n) is 11.4. The Labute approximate surface area is 117 Å². The molecule has 0 aliphatic heterocycles. The molecule has 6 nitrogen and oxygen atoms in total. The third-order valence-electron chi connectivity index (χ3n) is 2.70. The highest BCUT2D eigenvalue weighted by atomic mass is 32.2. The Morgan fingerprint density at radius 1 is 1.20 bits per heavy atom. The zero-order chi connectivity index (χ0) is 14.9. The van der Waals surface area contributed by atoms with Gasteiger partial charge >= 0.3 is 0 Å². The average molecular weight is 293 g/mol. The Morgan fingerprint density at radius 2 is 1.90 bits per heavy atom. The van der Waals surface area contributed by atoms with Crippen LogP contribution in [0.5, 0.6) is 11.6 Å². The molecule has 1 heterocycles. The lowest BCUT2D eigenvalue weighted by molar-refractivity contribution is 0.454. The fraction of sp³-hybridized carbons (Fsp3) is 0.231. The molecule has 2 N–H and O–H groups in total. The second-order valence-corrected chi connectivity index (χ2v) is 6.45. The van der Waals surface area contributed by atoms with Crippen LogP contribution in [0.25, 0.3) is 0 Å². The Balaban J connectivity index is 2.41. The van der Waals surface area contributed by atoms with Crippen molar-refractivity contribution in [3.63, 3.8) is 0 Å². The van der Waals surface area contributed by atoms with Crippen molar-refractivity contribution in [2.24, 2.45) is 0 Å². The topological polar surface area (TPSA) is 95.2 Å². The van der Waals surface area contributed by atoms with Crippen molar-refractivity contribution in [1.82, 2.24) is 9.97 Å². The summed E-state index contributed by atoms with van der Waals surface area (Å²) < 4.78 is 28.6. The molecule has 0 radical (unpaired) electrons. The maximum absolute atomic E-state index is 11.5. The number of anilines is 1. The normalized spacial score (nSPS) is 11.3. The lowest BCUT2D eigenvalue weighted by atomic mass is 10.3. The highest BCUT2D eigenvalue weighted by Crippen LogP contribution is 2.27. The van der Waals surface area contributed by atoms with Crippen LogP contribution in [0.1, 0.15) is 11.4 Å². The van der Waals surface area contributed by atoms with E-state index in [1.165, 1.54) is 12.1 Å². The summed E-state index contributed by atoms with van der Waals surface area (Å²) in [6.07, 6.45) is 1.14. The van der Waals surface area contributed by atoms with E-state index in [0.29, 0.717) is 28.8 Å². The van der Waals surface area contributed by atoms with Crippen LogP contribution < -0.4 is 10.5 Å². The minimum Gasteiger partial charge on any atom is -0.439 e. The monoisotopic (exact) mass is 293 g/mol. The molecule has 0 bridgehead atoms. The van der Waals surface area contributed by atoms with Crippen molar-refractivity contribution in [1.29, 1.82) is 0 Å². The van der Waals surface area contributed by atoms with Crippen molar-refractivity contribution in [2.45, 2.75) is 18.7 Å². The van der Waals surface area contributed by atoms with Crippen LogP contribution in [0.4, 0.5) is 5.82 Å². The van der Waals surface area contributed by atoms with Crippen LogP contribution in [0.15, 0.2) is 29.2 Å². The minimum absolute atomic E-state index is 0.186. The van der Waals surface area contributed by atoms with Gasteiger partial charge in [-0.25, -0.2) is 13.4 Å². The van der Waals surface area contributed by atoms with Crippen LogP contribution in [-0.2, 0) is 9.84 Å². The average Bonchev–Trinajstić information content (AvgIpc) is 2.35. The molecule has 1 aromatic carbocycles. The van der Waals surface area contributed by atoms with E-state index in [1.807, 2.05) is 0 Å². The highest BCUT2D eigenvalue weighted by molar-refractivity contribution is 7.90. The van der Waals surface area contributed by atoms with Crippen molar-refractivity contribution in [3.8, 4) is 11.6 Å². The van der Waals surface area contributed by atoms with Gasteiger partial charge in [0.15, 0.2) is 9.84 Å².